The summed E-state index contributed by atoms with van der Waals surface area (Å²) in [5, 5.41) is 4.59. The van der Waals surface area contributed by atoms with Gasteiger partial charge < -0.3 is 0 Å². The Morgan fingerprint density at radius 2 is 2.07 bits per heavy atom. The molecule has 5 nitrogen and oxygen atoms in total. The quantitative estimate of drug-likeness (QED) is 0.706. The lowest BCUT2D eigenvalue weighted by Crippen LogP contribution is -2.34. The highest BCUT2D eigenvalue weighted by atomic mass is 19.1. The van der Waals surface area contributed by atoms with Crippen molar-refractivity contribution in [2.75, 3.05) is 13.1 Å². The molecule has 0 aliphatic carbocycles. The Bertz CT molecular complexity index is 922. The van der Waals surface area contributed by atoms with Crippen LogP contribution in [0.5, 0.6) is 0 Å². The molecule has 3 heterocycles. The number of halogens is 1. The first-order valence-electron chi connectivity index (χ1n) is 9.40. The maximum absolute atomic E-state index is 14.0. The minimum atomic E-state index is -0.209. The van der Waals surface area contributed by atoms with Crippen LogP contribution < -0.4 is 0 Å². The number of benzene rings is 1. The van der Waals surface area contributed by atoms with Crippen molar-refractivity contribution in [3.05, 3.63) is 71.3 Å². The molecule has 0 unspecified atom stereocenters. The maximum atomic E-state index is 14.0. The van der Waals surface area contributed by atoms with Gasteiger partial charge in [0.05, 0.1) is 11.4 Å². The third-order valence-corrected chi connectivity index (χ3v) is 5.20. The average Bonchev–Trinajstić information content (AvgIpc) is 3.01. The Morgan fingerprint density at radius 1 is 1.19 bits per heavy atom. The molecule has 0 spiro atoms. The molecule has 0 amide bonds. The van der Waals surface area contributed by atoms with Gasteiger partial charge in [-0.1, -0.05) is 0 Å². The van der Waals surface area contributed by atoms with E-state index in [0.717, 1.165) is 54.3 Å². The lowest BCUT2D eigenvalue weighted by Gasteiger charge is -2.32. The Hall–Kier alpha value is -2.60. The Labute approximate surface area is 158 Å². The number of hydrogen-bond donors (Lipinski definition) is 0. The molecule has 6 heteroatoms. The molecule has 140 valence electrons. The van der Waals surface area contributed by atoms with E-state index in [0.29, 0.717) is 12.5 Å². The van der Waals surface area contributed by atoms with Gasteiger partial charge >= 0.3 is 0 Å². The van der Waals surface area contributed by atoms with Crippen molar-refractivity contribution in [1.82, 2.24) is 24.6 Å². The number of rotatable bonds is 4. The molecule has 1 aliphatic heterocycles. The summed E-state index contributed by atoms with van der Waals surface area (Å²) in [6.45, 7) is 6.63. The summed E-state index contributed by atoms with van der Waals surface area (Å²) in [6, 6.07) is 9.02. The second kappa shape index (κ2) is 7.56. The van der Waals surface area contributed by atoms with E-state index in [1.54, 1.807) is 18.6 Å². The van der Waals surface area contributed by atoms with Crippen LogP contribution in [0.1, 0.15) is 41.4 Å². The van der Waals surface area contributed by atoms with Gasteiger partial charge in [-0.15, -0.1) is 0 Å². The van der Waals surface area contributed by atoms with Crippen molar-refractivity contribution in [2.45, 2.75) is 39.2 Å². The van der Waals surface area contributed by atoms with E-state index >= 15 is 0 Å². The summed E-state index contributed by atoms with van der Waals surface area (Å²) in [6.07, 6.45) is 5.65. The van der Waals surface area contributed by atoms with Gasteiger partial charge in [-0.05, 0) is 69.1 Å². The summed E-state index contributed by atoms with van der Waals surface area (Å²) in [4.78, 5) is 10.8. The van der Waals surface area contributed by atoms with Crippen LogP contribution >= 0.6 is 0 Å². The second-order valence-corrected chi connectivity index (χ2v) is 7.32. The summed E-state index contributed by atoms with van der Waals surface area (Å²) in [5.74, 6) is 0.187. The first-order valence-corrected chi connectivity index (χ1v) is 9.40. The molecule has 4 rings (SSSR count). The standard InChI is InChI=1S/C21H24FN5/c1-15-10-16(2)27(25-15)21-6-5-19(22)11-18(21)13-26-9-3-4-17(12-26)20-7-8-23-14-24-20/h5-8,10-11,14,17H,3-4,9,12-13H2,1-2H3/t17-/m1/s1. The number of aryl methyl sites for hydroxylation is 2. The minimum absolute atomic E-state index is 0.209. The number of nitrogens with zero attached hydrogens (tertiary/aromatic N) is 5. The number of piperidine rings is 1. The van der Waals surface area contributed by atoms with Crippen LogP contribution in [0.3, 0.4) is 0 Å². The van der Waals surface area contributed by atoms with Crippen molar-refractivity contribution >= 4 is 0 Å². The minimum Gasteiger partial charge on any atom is -0.298 e. The van der Waals surface area contributed by atoms with Crippen molar-refractivity contribution in [3.8, 4) is 5.69 Å². The molecule has 1 saturated heterocycles. The maximum Gasteiger partial charge on any atom is 0.123 e. The fourth-order valence-electron chi connectivity index (χ4n) is 3.98. The lowest BCUT2D eigenvalue weighted by atomic mass is 9.94. The van der Waals surface area contributed by atoms with Crippen LogP contribution in [0.25, 0.3) is 5.69 Å². The number of hydrogen-bond acceptors (Lipinski definition) is 4. The van der Waals surface area contributed by atoms with Gasteiger partial charge in [0.2, 0.25) is 0 Å². The highest BCUT2D eigenvalue weighted by molar-refractivity contribution is 5.42. The molecule has 0 bridgehead atoms. The van der Waals surface area contributed by atoms with Crippen molar-refractivity contribution in [3.63, 3.8) is 0 Å². The molecular weight excluding hydrogens is 341 g/mol. The largest absolute Gasteiger partial charge is 0.298 e. The van der Waals surface area contributed by atoms with Gasteiger partial charge in [-0.2, -0.15) is 5.10 Å². The van der Waals surface area contributed by atoms with Crippen molar-refractivity contribution in [2.24, 2.45) is 0 Å². The third kappa shape index (κ3) is 3.90. The fourth-order valence-corrected chi connectivity index (χ4v) is 3.98. The molecule has 1 aromatic carbocycles. The Kier molecular flexibility index (Phi) is 4.99. The summed E-state index contributed by atoms with van der Waals surface area (Å²) in [7, 11) is 0. The molecule has 0 saturated carbocycles. The predicted molar refractivity (Wildman–Crippen MR) is 102 cm³/mol. The molecule has 27 heavy (non-hydrogen) atoms. The van der Waals surface area contributed by atoms with E-state index in [-0.39, 0.29) is 5.82 Å². The van der Waals surface area contributed by atoms with E-state index in [9.17, 15) is 4.39 Å². The van der Waals surface area contributed by atoms with Crippen molar-refractivity contribution in [1.29, 1.82) is 0 Å². The summed E-state index contributed by atoms with van der Waals surface area (Å²) in [5.41, 5.74) is 5.02. The highest BCUT2D eigenvalue weighted by Gasteiger charge is 2.23. The monoisotopic (exact) mass is 365 g/mol. The zero-order chi connectivity index (χ0) is 18.8. The Morgan fingerprint density at radius 3 is 2.81 bits per heavy atom. The molecule has 0 N–H and O–H groups in total. The lowest BCUT2D eigenvalue weighted by molar-refractivity contribution is 0.198. The van der Waals surface area contributed by atoms with Crippen LogP contribution in [0.4, 0.5) is 4.39 Å². The van der Waals surface area contributed by atoms with Crippen LogP contribution in [-0.2, 0) is 6.54 Å². The van der Waals surface area contributed by atoms with Crippen LogP contribution in [0.2, 0.25) is 0 Å². The number of aromatic nitrogens is 4. The molecule has 1 aliphatic rings. The van der Waals surface area contributed by atoms with Gasteiger partial charge in [-0.25, -0.2) is 19.0 Å². The second-order valence-electron chi connectivity index (χ2n) is 7.32. The molecule has 2 aromatic heterocycles. The van der Waals surface area contributed by atoms with Gasteiger partial charge in [-0.3, -0.25) is 4.90 Å². The van der Waals surface area contributed by atoms with Crippen molar-refractivity contribution < 1.29 is 4.39 Å². The van der Waals surface area contributed by atoms with E-state index < -0.39 is 0 Å². The molecular formula is C21H24FN5. The SMILES string of the molecule is Cc1cc(C)n(-c2ccc(F)cc2CN2CCC[C@@H](c3ccncn3)C2)n1. The van der Waals surface area contributed by atoms with Gasteiger partial charge in [0.1, 0.15) is 12.1 Å². The summed E-state index contributed by atoms with van der Waals surface area (Å²) >= 11 is 0. The fraction of sp³-hybridized carbons (Fsp3) is 0.381. The normalized spacial score (nSPS) is 18.0. The van der Waals surface area contributed by atoms with Gasteiger partial charge in [0.15, 0.2) is 0 Å². The van der Waals surface area contributed by atoms with E-state index in [1.165, 1.54) is 6.07 Å². The molecule has 1 atom stereocenters. The van der Waals surface area contributed by atoms with Crippen LogP contribution in [0, 0.1) is 19.7 Å². The van der Waals surface area contributed by atoms with Crippen LogP contribution in [-0.4, -0.2) is 37.7 Å². The van der Waals surface area contributed by atoms with E-state index in [4.69, 9.17) is 0 Å². The van der Waals surface area contributed by atoms with E-state index in [1.807, 2.05) is 36.7 Å². The smallest absolute Gasteiger partial charge is 0.123 e. The highest BCUT2D eigenvalue weighted by Crippen LogP contribution is 2.27. The molecule has 0 radical (unpaired) electrons. The van der Waals surface area contributed by atoms with Crippen LogP contribution in [0.15, 0.2) is 42.9 Å². The average molecular weight is 365 g/mol. The topological polar surface area (TPSA) is 46.8 Å². The molecule has 3 aromatic rings. The summed E-state index contributed by atoms with van der Waals surface area (Å²) < 4.78 is 15.9. The number of likely N-dealkylation sites (tertiary alicyclic amines) is 1. The molecule has 1 fully saturated rings. The predicted octanol–water partition coefficient (Wildman–Crippen LogP) is 3.80. The van der Waals surface area contributed by atoms with Gasteiger partial charge in [0.25, 0.3) is 0 Å². The first kappa shape index (κ1) is 17.8. The Balaban J connectivity index is 1.59. The third-order valence-electron chi connectivity index (χ3n) is 5.20. The zero-order valence-electron chi connectivity index (χ0n) is 15.8. The van der Waals surface area contributed by atoms with E-state index in [2.05, 4.69) is 20.0 Å². The van der Waals surface area contributed by atoms with Gasteiger partial charge in [0, 0.05) is 36.6 Å². The zero-order valence-corrected chi connectivity index (χ0v) is 15.8. The first-order chi connectivity index (χ1) is 13.1.